The Morgan fingerprint density at radius 1 is 1.12 bits per heavy atom. The Hall–Kier alpha value is -1.00. The van der Waals surface area contributed by atoms with E-state index in [0.29, 0.717) is 13.2 Å². The van der Waals surface area contributed by atoms with Crippen LogP contribution in [0, 0.1) is 0 Å². The summed E-state index contributed by atoms with van der Waals surface area (Å²) in [6.45, 7) is 1.17. The smallest absolute Gasteiger partial charge is 0.161 e. The highest BCUT2D eigenvalue weighted by atomic mass is 79.9. The van der Waals surface area contributed by atoms with Crippen molar-refractivity contribution in [1.29, 1.82) is 0 Å². The van der Waals surface area contributed by atoms with Crippen LogP contribution < -0.4 is 9.47 Å². The summed E-state index contributed by atoms with van der Waals surface area (Å²) in [5.41, 5.74) is 1.06. The SMILES string of the molecule is COc1ccc(COC/C=C/CBr)cc1OC. The molecule has 0 unspecified atom stereocenters. The second-order valence-electron chi connectivity index (χ2n) is 3.33. The number of ether oxygens (including phenoxy) is 3. The molecule has 1 aromatic rings. The molecule has 0 fully saturated rings. The standard InChI is InChI=1S/C13H17BrO3/c1-15-12-6-5-11(9-13(12)16-2)10-17-8-4-3-7-14/h3-6,9H,7-8,10H2,1-2H3/b4-3+. The van der Waals surface area contributed by atoms with Crippen LogP contribution in [0.3, 0.4) is 0 Å². The van der Waals surface area contributed by atoms with E-state index in [-0.39, 0.29) is 0 Å². The summed E-state index contributed by atoms with van der Waals surface area (Å²) in [5, 5.41) is 0.854. The van der Waals surface area contributed by atoms with Gasteiger partial charge in [-0.3, -0.25) is 0 Å². The molecule has 0 aliphatic carbocycles. The van der Waals surface area contributed by atoms with Crippen LogP contribution in [0.1, 0.15) is 5.56 Å². The molecule has 0 amide bonds. The number of methoxy groups -OCH3 is 2. The Bertz CT molecular complexity index is 364. The first kappa shape index (κ1) is 14.1. The summed E-state index contributed by atoms with van der Waals surface area (Å²) in [7, 11) is 3.25. The largest absolute Gasteiger partial charge is 0.493 e. The minimum Gasteiger partial charge on any atom is -0.493 e. The van der Waals surface area contributed by atoms with E-state index in [1.807, 2.05) is 30.4 Å². The molecule has 0 saturated carbocycles. The number of hydrogen-bond acceptors (Lipinski definition) is 3. The number of alkyl halides is 1. The van der Waals surface area contributed by atoms with Crippen LogP contribution in [-0.2, 0) is 11.3 Å². The summed E-state index contributed by atoms with van der Waals surface area (Å²) < 4.78 is 15.9. The fourth-order valence-corrected chi connectivity index (χ4v) is 1.61. The quantitative estimate of drug-likeness (QED) is 0.440. The van der Waals surface area contributed by atoms with Gasteiger partial charge in [0.2, 0.25) is 0 Å². The van der Waals surface area contributed by atoms with Crippen molar-refractivity contribution in [2.75, 3.05) is 26.2 Å². The summed E-state index contributed by atoms with van der Waals surface area (Å²) in [5.74, 6) is 1.46. The number of halogens is 1. The molecule has 1 aromatic carbocycles. The van der Waals surface area contributed by atoms with Gasteiger partial charge in [-0.2, -0.15) is 0 Å². The Kier molecular flexibility index (Phi) is 6.74. The fraction of sp³-hybridized carbons (Fsp3) is 0.385. The molecule has 0 aliphatic rings. The molecule has 1 rings (SSSR count). The van der Waals surface area contributed by atoms with Gasteiger partial charge in [-0.25, -0.2) is 0 Å². The van der Waals surface area contributed by atoms with Crippen molar-refractivity contribution in [2.24, 2.45) is 0 Å². The first-order chi connectivity index (χ1) is 8.31. The Labute approximate surface area is 111 Å². The van der Waals surface area contributed by atoms with Gasteiger partial charge in [0.15, 0.2) is 11.5 Å². The van der Waals surface area contributed by atoms with Crippen LogP contribution in [0.4, 0.5) is 0 Å². The van der Waals surface area contributed by atoms with E-state index in [2.05, 4.69) is 15.9 Å². The molecule has 17 heavy (non-hydrogen) atoms. The van der Waals surface area contributed by atoms with Crippen LogP contribution in [0.25, 0.3) is 0 Å². The van der Waals surface area contributed by atoms with Gasteiger partial charge in [-0.05, 0) is 17.7 Å². The Morgan fingerprint density at radius 2 is 1.88 bits per heavy atom. The molecule has 3 nitrogen and oxygen atoms in total. The van der Waals surface area contributed by atoms with E-state index >= 15 is 0 Å². The highest BCUT2D eigenvalue weighted by molar-refractivity contribution is 9.09. The van der Waals surface area contributed by atoms with Crippen LogP contribution >= 0.6 is 15.9 Å². The zero-order chi connectivity index (χ0) is 12.5. The Balaban J connectivity index is 2.51. The predicted molar refractivity (Wildman–Crippen MR) is 72.1 cm³/mol. The molecule has 0 bridgehead atoms. The second-order valence-corrected chi connectivity index (χ2v) is 3.98. The van der Waals surface area contributed by atoms with Gasteiger partial charge in [-0.15, -0.1) is 0 Å². The molecular weight excluding hydrogens is 284 g/mol. The third-order valence-corrected chi connectivity index (χ3v) is 2.56. The van der Waals surface area contributed by atoms with Crippen molar-refractivity contribution < 1.29 is 14.2 Å². The third kappa shape index (κ3) is 4.79. The summed E-state index contributed by atoms with van der Waals surface area (Å²) in [4.78, 5) is 0. The molecule has 0 aliphatic heterocycles. The molecule has 0 saturated heterocycles. The molecule has 94 valence electrons. The maximum atomic E-state index is 5.49. The first-order valence-electron chi connectivity index (χ1n) is 5.31. The average Bonchev–Trinajstić information content (AvgIpc) is 2.38. The van der Waals surface area contributed by atoms with Crippen LogP contribution in [0.2, 0.25) is 0 Å². The minimum absolute atomic E-state index is 0.562. The molecule has 0 aromatic heterocycles. The van der Waals surface area contributed by atoms with Gasteiger partial charge in [0.1, 0.15) is 0 Å². The van der Waals surface area contributed by atoms with Gasteiger partial charge in [0.25, 0.3) is 0 Å². The second kappa shape index (κ2) is 8.14. The topological polar surface area (TPSA) is 27.7 Å². The third-order valence-electron chi connectivity index (χ3n) is 2.19. The van der Waals surface area contributed by atoms with E-state index < -0.39 is 0 Å². The molecular formula is C13H17BrO3. The van der Waals surface area contributed by atoms with Crippen molar-refractivity contribution >= 4 is 15.9 Å². The zero-order valence-electron chi connectivity index (χ0n) is 10.1. The lowest BCUT2D eigenvalue weighted by atomic mass is 10.2. The highest BCUT2D eigenvalue weighted by Gasteiger charge is 2.03. The normalized spacial score (nSPS) is 10.8. The van der Waals surface area contributed by atoms with Crippen molar-refractivity contribution in [3.63, 3.8) is 0 Å². The number of hydrogen-bond donors (Lipinski definition) is 0. The van der Waals surface area contributed by atoms with Gasteiger partial charge in [-0.1, -0.05) is 34.1 Å². The molecule has 0 N–H and O–H groups in total. The van der Waals surface area contributed by atoms with Crippen molar-refractivity contribution in [3.05, 3.63) is 35.9 Å². The molecule has 4 heteroatoms. The van der Waals surface area contributed by atoms with E-state index in [1.165, 1.54) is 0 Å². The summed E-state index contributed by atoms with van der Waals surface area (Å²) in [6.07, 6.45) is 3.99. The van der Waals surface area contributed by atoms with Gasteiger partial charge >= 0.3 is 0 Å². The lowest BCUT2D eigenvalue weighted by Gasteiger charge is -2.09. The molecule has 0 atom stereocenters. The van der Waals surface area contributed by atoms with Gasteiger partial charge < -0.3 is 14.2 Å². The van der Waals surface area contributed by atoms with E-state index in [1.54, 1.807) is 14.2 Å². The lowest BCUT2D eigenvalue weighted by Crippen LogP contribution is -1.96. The lowest BCUT2D eigenvalue weighted by molar-refractivity contribution is 0.148. The number of rotatable bonds is 7. The van der Waals surface area contributed by atoms with E-state index in [0.717, 1.165) is 22.4 Å². The molecule has 0 spiro atoms. The van der Waals surface area contributed by atoms with Crippen LogP contribution in [-0.4, -0.2) is 26.2 Å². The van der Waals surface area contributed by atoms with Gasteiger partial charge in [0, 0.05) is 5.33 Å². The summed E-state index contributed by atoms with van der Waals surface area (Å²) in [6, 6.07) is 5.77. The van der Waals surface area contributed by atoms with E-state index in [9.17, 15) is 0 Å². The van der Waals surface area contributed by atoms with Crippen molar-refractivity contribution in [2.45, 2.75) is 6.61 Å². The highest BCUT2D eigenvalue weighted by Crippen LogP contribution is 2.27. The first-order valence-corrected chi connectivity index (χ1v) is 6.43. The predicted octanol–water partition coefficient (Wildman–Crippen LogP) is 3.17. The molecule has 0 radical (unpaired) electrons. The van der Waals surface area contributed by atoms with Crippen molar-refractivity contribution in [3.8, 4) is 11.5 Å². The van der Waals surface area contributed by atoms with Crippen LogP contribution in [0.5, 0.6) is 11.5 Å². The zero-order valence-corrected chi connectivity index (χ0v) is 11.7. The number of benzene rings is 1. The van der Waals surface area contributed by atoms with Gasteiger partial charge in [0.05, 0.1) is 27.4 Å². The number of allylic oxidation sites excluding steroid dienone is 1. The van der Waals surface area contributed by atoms with E-state index in [4.69, 9.17) is 14.2 Å². The molecule has 0 heterocycles. The Morgan fingerprint density at radius 3 is 2.53 bits per heavy atom. The monoisotopic (exact) mass is 300 g/mol. The minimum atomic E-state index is 0.562. The summed E-state index contributed by atoms with van der Waals surface area (Å²) >= 11 is 3.31. The fourth-order valence-electron chi connectivity index (χ4n) is 1.35. The van der Waals surface area contributed by atoms with Crippen molar-refractivity contribution in [1.82, 2.24) is 0 Å². The maximum Gasteiger partial charge on any atom is 0.161 e. The average molecular weight is 301 g/mol. The maximum absolute atomic E-state index is 5.49. The van der Waals surface area contributed by atoms with Crippen LogP contribution in [0.15, 0.2) is 30.4 Å².